The summed E-state index contributed by atoms with van der Waals surface area (Å²) in [6, 6.07) is 2.93. The molecule has 4 heteroatoms. The van der Waals surface area contributed by atoms with Crippen molar-refractivity contribution in [3.63, 3.8) is 0 Å². The summed E-state index contributed by atoms with van der Waals surface area (Å²) in [7, 11) is 0. The van der Waals surface area contributed by atoms with Crippen LogP contribution in [-0.4, -0.2) is 10.2 Å². The van der Waals surface area contributed by atoms with Gasteiger partial charge < -0.3 is 10.2 Å². The minimum Gasteiger partial charge on any atom is -0.519 e. The van der Waals surface area contributed by atoms with E-state index in [1.54, 1.807) is 13.0 Å². The quantitative estimate of drug-likeness (QED) is 0.465. The van der Waals surface area contributed by atoms with Gasteiger partial charge in [-0.1, -0.05) is 0 Å². The van der Waals surface area contributed by atoms with Gasteiger partial charge in [0.15, 0.2) is 0 Å². The van der Waals surface area contributed by atoms with E-state index in [2.05, 4.69) is 4.85 Å². The van der Waals surface area contributed by atoms with Gasteiger partial charge in [0.2, 0.25) is 5.69 Å². The summed E-state index contributed by atoms with van der Waals surface area (Å²) in [5.74, 6) is -0.520. The maximum atomic E-state index is 9.36. The van der Waals surface area contributed by atoms with Gasteiger partial charge in [-0.3, -0.25) is 0 Å². The van der Waals surface area contributed by atoms with Crippen molar-refractivity contribution in [3.8, 4) is 17.6 Å². The monoisotopic (exact) mass is 174 g/mol. The number of benzene rings is 1. The van der Waals surface area contributed by atoms with Crippen LogP contribution < -0.4 is 0 Å². The maximum Gasteiger partial charge on any atom is 0.248 e. The number of hydrogen-bond acceptors (Lipinski definition) is 3. The number of aryl methyl sites for hydroxylation is 1. The molecule has 0 radical (unpaired) electrons. The van der Waals surface area contributed by atoms with Crippen molar-refractivity contribution in [2.24, 2.45) is 0 Å². The third-order valence-electron chi connectivity index (χ3n) is 1.67. The Hall–Kier alpha value is -2.20. The molecular weight excluding hydrogens is 168 g/mol. The van der Waals surface area contributed by atoms with Gasteiger partial charge in [-0.2, -0.15) is 5.26 Å². The molecule has 0 saturated carbocycles. The highest BCUT2D eigenvalue weighted by molar-refractivity contribution is 5.72. The Labute approximate surface area is 75.1 Å². The molecule has 0 spiro atoms. The molecule has 1 aromatic carbocycles. The third-order valence-corrected chi connectivity index (χ3v) is 1.67. The van der Waals surface area contributed by atoms with Crippen molar-refractivity contribution >= 4 is 5.69 Å². The molecule has 0 saturated heterocycles. The van der Waals surface area contributed by atoms with E-state index in [4.69, 9.17) is 11.8 Å². The molecule has 0 aliphatic carbocycles. The Morgan fingerprint density at radius 3 is 2.62 bits per heavy atom. The lowest BCUT2D eigenvalue weighted by molar-refractivity contribution is 0.457. The van der Waals surface area contributed by atoms with Crippen molar-refractivity contribution in [1.82, 2.24) is 0 Å². The highest BCUT2D eigenvalue weighted by Crippen LogP contribution is 2.38. The molecule has 4 nitrogen and oxygen atoms in total. The Morgan fingerprint density at radius 2 is 2.15 bits per heavy atom. The van der Waals surface area contributed by atoms with Gasteiger partial charge in [0.05, 0.1) is 12.6 Å². The highest BCUT2D eigenvalue weighted by atomic mass is 16.3. The third kappa shape index (κ3) is 1.25. The van der Waals surface area contributed by atoms with Gasteiger partial charge in [0, 0.05) is 0 Å². The Morgan fingerprint density at radius 1 is 1.54 bits per heavy atom. The lowest BCUT2D eigenvalue weighted by Crippen LogP contribution is -1.82. The Balaban J connectivity index is 3.66. The SMILES string of the molecule is [C-]#[N+]c1c(O)cc(C)c(O)c1C#N. The highest BCUT2D eigenvalue weighted by Gasteiger charge is 2.14. The van der Waals surface area contributed by atoms with E-state index in [0.717, 1.165) is 0 Å². The zero-order valence-electron chi connectivity index (χ0n) is 6.87. The lowest BCUT2D eigenvalue weighted by atomic mass is 10.1. The fourth-order valence-electron chi connectivity index (χ4n) is 0.998. The van der Waals surface area contributed by atoms with Gasteiger partial charge in [-0.15, -0.1) is 0 Å². The molecule has 0 aromatic heterocycles. The first-order valence-electron chi connectivity index (χ1n) is 3.45. The van der Waals surface area contributed by atoms with Crippen LogP contribution in [0.3, 0.4) is 0 Å². The molecule has 0 bridgehead atoms. The van der Waals surface area contributed by atoms with Crippen molar-refractivity contribution in [2.75, 3.05) is 0 Å². The zero-order valence-corrected chi connectivity index (χ0v) is 6.87. The second-order valence-electron chi connectivity index (χ2n) is 2.51. The molecule has 0 aliphatic heterocycles. The number of aromatic hydroxyl groups is 2. The Bertz CT molecular complexity index is 438. The van der Waals surface area contributed by atoms with E-state index in [-0.39, 0.29) is 22.7 Å². The van der Waals surface area contributed by atoms with Crippen LogP contribution in [0.4, 0.5) is 5.69 Å². The zero-order chi connectivity index (χ0) is 10.0. The molecule has 1 rings (SSSR count). The average Bonchev–Trinajstić information content (AvgIpc) is 2.10. The summed E-state index contributed by atoms with van der Waals surface area (Å²) in [6.45, 7) is 8.24. The van der Waals surface area contributed by atoms with Crippen molar-refractivity contribution in [1.29, 1.82) is 5.26 Å². The molecule has 0 atom stereocenters. The van der Waals surface area contributed by atoms with E-state index in [0.29, 0.717) is 5.56 Å². The molecule has 0 fully saturated rings. The molecule has 13 heavy (non-hydrogen) atoms. The smallest absolute Gasteiger partial charge is 0.248 e. The number of hydrogen-bond donors (Lipinski definition) is 2. The summed E-state index contributed by atoms with van der Waals surface area (Å²) < 4.78 is 0. The number of phenols is 2. The van der Waals surface area contributed by atoms with Gasteiger partial charge in [-0.05, 0) is 18.6 Å². The molecule has 64 valence electrons. The number of nitriles is 1. The fraction of sp³-hybridized carbons (Fsp3) is 0.111. The largest absolute Gasteiger partial charge is 0.519 e. The van der Waals surface area contributed by atoms with E-state index in [9.17, 15) is 10.2 Å². The summed E-state index contributed by atoms with van der Waals surface area (Å²) in [5.41, 5.74) is -0.000417. The van der Waals surface area contributed by atoms with Crippen molar-refractivity contribution in [3.05, 3.63) is 28.6 Å². The van der Waals surface area contributed by atoms with E-state index in [1.807, 2.05) is 0 Å². The maximum absolute atomic E-state index is 9.36. The average molecular weight is 174 g/mol. The number of nitrogens with zero attached hydrogens (tertiary/aromatic N) is 2. The number of rotatable bonds is 0. The van der Waals surface area contributed by atoms with Crippen LogP contribution in [0.25, 0.3) is 4.85 Å². The van der Waals surface area contributed by atoms with Crippen LogP contribution in [-0.2, 0) is 0 Å². The molecule has 0 amide bonds. The Kier molecular flexibility index (Phi) is 2.08. The second kappa shape index (κ2) is 3.04. The summed E-state index contributed by atoms with van der Waals surface area (Å²) >= 11 is 0. The van der Waals surface area contributed by atoms with Crippen LogP contribution in [0, 0.1) is 24.8 Å². The lowest BCUT2D eigenvalue weighted by Gasteiger charge is -2.04. The number of phenolic OH excluding ortho intramolecular Hbond substituents is 2. The van der Waals surface area contributed by atoms with Crippen molar-refractivity contribution < 1.29 is 10.2 Å². The van der Waals surface area contributed by atoms with Gasteiger partial charge >= 0.3 is 0 Å². The topological polar surface area (TPSA) is 68.6 Å². The first-order chi connectivity index (χ1) is 6.11. The first kappa shape index (κ1) is 8.89. The van der Waals surface area contributed by atoms with Crippen molar-refractivity contribution in [2.45, 2.75) is 6.92 Å². The van der Waals surface area contributed by atoms with Gasteiger partial charge in [-0.25, -0.2) is 4.85 Å². The summed E-state index contributed by atoms with van der Waals surface area (Å²) in [5, 5.41) is 27.2. The second-order valence-corrected chi connectivity index (χ2v) is 2.51. The van der Waals surface area contributed by atoms with E-state index in [1.165, 1.54) is 6.07 Å². The van der Waals surface area contributed by atoms with E-state index >= 15 is 0 Å². The first-order valence-corrected chi connectivity index (χ1v) is 3.45. The predicted octanol–water partition coefficient (Wildman–Crippen LogP) is 1.83. The molecule has 0 heterocycles. The minimum absolute atomic E-state index is 0.174. The standard InChI is InChI=1S/C9H6N2O2/c1-5-3-7(12)8(11-2)6(4-10)9(5)13/h3,12-13H,1H3. The molecule has 2 N–H and O–H groups in total. The fourth-order valence-corrected chi connectivity index (χ4v) is 0.998. The molecule has 1 aromatic rings. The van der Waals surface area contributed by atoms with Gasteiger partial charge in [0.25, 0.3) is 0 Å². The van der Waals surface area contributed by atoms with Crippen LogP contribution in [0.1, 0.15) is 11.1 Å². The van der Waals surface area contributed by atoms with Crippen LogP contribution in [0.2, 0.25) is 0 Å². The van der Waals surface area contributed by atoms with E-state index < -0.39 is 0 Å². The molecular formula is C9H6N2O2. The van der Waals surface area contributed by atoms with Crippen LogP contribution >= 0.6 is 0 Å². The molecule has 0 aliphatic rings. The van der Waals surface area contributed by atoms with Crippen LogP contribution in [0.15, 0.2) is 6.07 Å². The normalized spacial score (nSPS) is 8.85. The van der Waals surface area contributed by atoms with Gasteiger partial charge in [0.1, 0.15) is 17.1 Å². The van der Waals surface area contributed by atoms with Crippen LogP contribution in [0.5, 0.6) is 11.5 Å². The minimum atomic E-state index is -0.276. The molecule has 0 unspecified atom stereocenters. The predicted molar refractivity (Wildman–Crippen MR) is 45.5 cm³/mol. The summed E-state index contributed by atoms with van der Waals surface area (Å²) in [6.07, 6.45) is 0. The summed E-state index contributed by atoms with van der Waals surface area (Å²) in [4.78, 5) is 2.96.